The number of nitrogens with zero attached hydrogens (tertiary/aromatic N) is 4. The lowest BCUT2D eigenvalue weighted by Crippen LogP contribution is -2.62. The first-order valence-corrected chi connectivity index (χ1v) is 13.3. The number of ether oxygens (including phenoxy) is 1. The Morgan fingerprint density at radius 2 is 1.79 bits per heavy atom. The number of hydrogen-bond acceptors (Lipinski definition) is 7. The van der Waals surface area contributed by atoms with Gasteiger partial charge < -0.3 is 15.2 Å². The molecule has 0 unspecified atom stereocenters. The van der Waals surface area contributed by atoms with Crippen LogP contribution in [0.2, 0.25) is 5.02 Å². The molecule has 2 N–H and O–H groups in total. The van der Waals surface area contributed by atoms with E-state index in [9.17, 15) is 18.8 Å². The number of nitrogens with one attached hydrogen (secondary N) is 1. The maximum Gasteiger partial charge on any atom is 0.344 e. The number of carboxylic acids is 1. The second-order valence-corrected chi connectivity index (χ2v) is 10.4. The molecule has 0 spiro atoms. The summed E-state index contributed by atoms with van der Waals surface area (Å²) in [5.74, 6) is -1.69. The van der Waals surface area contributed by atoms with Gasteiger partial charge >= 0.3 is 5.97 Å². The molecule has 42 heavy (non-hydrogen) atoms. The van der Waals surface area contributed by atoms with Crippen molar-refractivity contribution in [1.82, 2.24) is 19.7 Å². The van der Waals surface area contributed by atoms with Crippen LogP contribution in [0, 0.1) is 6.92 Å². The molecule has 4 aromatic rings. The van der Waals surface area contributed by atoms with Gasteiger partial charge in [-0.25, -0.2) is 18.9 Å². The number of carbonyl (C=O) groups excluding carboxylic acids is 1. The average Bonchev–Trinajstić information content (AvgIpc) is 2.95. The summed E-state index contributed by atoms with van der Waals surface area (Å²) in [6, 6.07) is 15.9. The molecule has 1 aliphatic rings. The lowest BCUT2D eigenvalue weighted by Gasteiger charge is -2.41. The lowest BCUT2D eigenvalue weighted by molar-refractivity contribution is -0.164. The number of carboxylic acid groups (broad SMARTS) is 1. The third kappa shape index (κ3) is 5.36. The van der Waals surface area contributed by atoms with Gasteiger partial charge in [0.15, 0.2) is 0 Å². The van der Waals surface area contributed by atoms with E-state index >= 15 is 0 Å². The van der Waals surface area contributed by atoms with Crippen molar-refractivity contribution < 1.29 is 23.8 Å². The average molecular weight is 592 g/mol. The molecule has 1 saturated heterocycles. The summed E-state index contributed by atoms with van der Waals surface area (Å²) in [7, 11) is 2.95. The zero-order chi connectivity index (χ0) is 30.2. The van der Waals surface area contributed by atoms with E-state index in [-0.39, 0.29) is 25.2 Å². The van der Waals surface area contributed by atoms with Gasteiger partial charge in [-0.15, -0.1) is 0 Å². The SMILES string of the molecule is COc1nc(-c2cccc(-c3cccc(NC(=O)c4ccnn(C)c4=O)c3C)c2Cl)ccc1CN1CC(F)(C(=O)O)C1. The number of anilines is 1. The van der Waals surface area contributed by atoms with E-state index in [0.717, 1.165) is 15.8 Å². The van der Waals surface area contributed by atoms with Gasteiger partial charge in [-0.3, -0.25) is 14.5 Å². The van der Waals surface area contributed by atoms with Crippen LogP contribution in [0.1, 0.15) is 21.5 Å². The topological polar surface area (TPSA) is 127 Å². The normalized spacial score (nSPS) is 14.2. The standard InChI is InChI=1S/C30H27ClFN5O5/c1-17-19(6-5-9-23(17)34-26(38)22-12-13-33-36(2)28(22)39)20-7-4-8-21(25(20)31)24-11-10-18(27(35-24)42-3)14-37-15-30(32,16-37)29(40)41/h4-13H,14-16H2,1-3H3,(H,34,38)(H,40,41). The third-order valence-corrected chi connectivity index (χ3v) is 7.66. The fourth-order valence-electron chi connectivity index (χ4n) is 4.94. The highest BCUT2D eigenvalue weighted by atomic mass is 35.5. The second-order valence-electron chi connectivity index (χ2n) is 10.1. The van der Waals surface area contributed by atoms with Crippen molar-refractivity contribution in [2.45, 2.75) is 19.1 Å². The van der Waals surface area contributed by atoms with E-state index in [1.165, 1.54) is 26.4 Å². The largest absolute Gasteiger partial charge is 0.481 e. The highest BCUT2D eigenvalue weighted by Gasteiger charge is 2.50. The molecule has 2 aromatic carbocycles. The Bertz CT molecular complexity index is 1770. The van der Waals surface area contributed by atoms with Gasteiger partial charge in [0, 0.05) is 55.3 Å². The summed E-state index contributed by atoms with van der Waals surface area (Å²) >= 11 is 6.93. The smallest absolute Gasteiger partial charge is 0.344 e. The van der Waals surface area contributed by atoms with Gasteiger partial charge in [-0.1, -0.05) is 48.0 Å². The minimum atomic E-state index is -2.23. The van der Waals surface area contributed by atoms with Crippen LogP contribution in [0.15, 0.2) is 65.6 Å². The van der Waals surface area contributed by atoms with Gasteiger partial charge in [0.2, 0.25) is 11.5 Å². The van der Waals surface area contributed by atoms with Crippen molar-refractivity contribution in [2.75, 3.05) is 25.5 Å². The minimum Gasteiger partial charge on any atom is -0.481 e. The summed E-state index contributed by atoms with van der Waals surface area (Å²) in [6.07, 6.45) is 1.39. The molecule has 1 aliphatic heterocycles. The Morgan fingerprint density at radius 3 is 2.50 bits per heavy atom. The number of aliphatic carboxylic acids is 1. The molecule has 12 heteroatoms. The van der Waals surface area contributed by atoms with E-state index in [1.807, 2.05) is 31.2 Å². The third-order valence-electron chi connectivity index (χ3n) is 7.25. The van der Waals surface area contributed by atoms with Gasteiger partial charge in [0.05, 0.1) is 17.8 Å². The number of likely N-dealkylation sites (tertiary alicyclic amines) is 1. The molecular weight excluding hydrogens is 565 g/mol. The van der Waals surface area contributed by atoms with Crippen molar-refractivity contribution >= 4 is 29.2 Å². The summed E-state index contributed by atoms with van der Waals surface area (Å²) in [5.41, 5.74) is 1.86. The lowest BCUT2D eigenvalue weighted by atomic mass is 9.95. The highest BCUT2D eigenvalue weighted by molar-refractivity contribution is 6.36. The van der Waals surface area contributed by atoms with Crippen LogP contribution < -0.4 is 15.6 Å². The van der Waals surface area contributed by atoms with E-state index in [1.54, 1.807) is 29.2 Å². The highest BCUT2D eigenvalue weighted by Crippen LogP contribution is 2.39. The maximum absolute atomic E-state index is 14.2. The van der Waals surface area contributed by atoms with Crippen LogP contribution in [0.25, 0.3) is 22.4 Å². The minimum absolute atomic E-state index is 0.0270. The first-order valence-electron chi connectivity index (χ1n) is 12.9. The van der Waals surface area contributed by atoms with E-state index in [4.69, 9.17) is 21.4 Å². The monoisotopic (exact) mass is 591 g/mol. The van der Waals surface area contributed by atoms with Crippen LogP contribution in [0.4, 0.5) is 10.1 Å². The Balaban J connectivity index is 1.42. The van der Waals surface area contributed by atoms with Gasteiger partial charge in [-0.2, -0.15) is 5.10 Å². The molecule has 1 fully saturated rings. The Kier molecular flexibility index (Phi) is 7.81. The van der Waals surface area contributed by atoms with E-state index < -0.39 is 23.1 Å². The summed E-state index contributed by atoms with van der Waals surface area (Å²) in [5, 5.41) is 16.1. The molecule has 2 aromatic heterocycles. The Labute approximate surface area is 245 Å². The van der Waals surface area contributed by atoms with E-state index in [0.29, 0.717) is 39.0 Å². The van der Waals surface area contributed by atoms with Crippen LogP contribution in [0.3, 0.4) is 0 Å². The maximum atomic E-state index is 14.2. The molecule has 3 heterocycles. The zero-order valence-corrected chi connectivity index (χ0v) is 23.8. The van der Waals surface area contributed by atoms with E-state index in [2.05, 4.69) is 15.4 Å². The predicted octanol–water partition coefficient (Wildman–Crippen LogP) is 4.34. The molecular formula is C30H27ClFN5O5. The first kappa shape index (κ1) is 28.9. The number of hydrogen-bond donors (Lipinski definition) is 2. The second kappa shape index (κ2) is 11.3. The van der Waals surface area contributed by atoms with Crippen LogP contribution in [-0.2, 0) is 18.4 Å². The summed E-state index contributed by atoms with van der Waals surface area (Å²) < 4.78 is 20.7. The number of carbonyl (C=O) groups is 2. The fourth-order valence-corrected chi connectivity index (χ4v) is 5.26. The summed E-state index contributed by atoms with van der Waals surface area (Å²) in [4.78, 5) is 42.6. The predicted molar refractivity (Wildman–Crippen MR) is 156 cm³/mol. The number of halogens is 2. The van der Waals surface area contributed by atoms with Gasteiger partial charge in [-0.05, 0) is 36.2 Å². The van der Waals surface area contributed by atoms with Crippen molar-refractivity contribution in [2.24, 2.45) is 7.05 Å². The van der Waals surface area contributed by atoms with Crippen LogP contribution in [-0.4, -0.2) is 62.5 Å². The molecule has 216 valence electrons. The molecule has 0 saturated carbocycles. The van der Waals surface area contributed by atoms with Crippen molar-refractivity contribution in [3.63, 3.8) is 0 Å². The number of rotatable bonds is 8. The molecule has 0 radical (unpaired) electrons. The fraction of sp³-hybridized carbons (Fsp3) is 0.233. The number of methoxy groups -OCH3 is 1. The molecule has 0 atom stereocenters. The summed E-state index contributed by atoms with van der Waals surface area (Å²) in [6.45, 7) is 1.71. The molecule has 5 rings (SSSR count). The number of alkyl halides is 1. The number of amides is 1. The zero-order valence-electron chi connectivity index (χ0n) is 23.0. The Morgan fingerprint density at radius 1 is 1.10 bits per heavy atom. The number of aryl methyl sites for hydroxylation is 1. The van der Waals surface area contributed by atoms with Crippen molar-refractivity contribution in [1.29, 1.82) is 0 Å². The molecule has 1 amide bonds. The van der Waals surface area contributed by atoms with Gasteiger partial charge in [0.25, 0.3) is 11.5 Å². The van der Waals surface area contributed by atoms with Crippen molar-refractivity contribution in [3.8, 4) is 28.3 Å². The molecule has 0 bridgehead atoms. The quantitative estimate of drug-likeness (QED) is 0.310. The first-order chi connectivity index (χ1) is 20.0. The van der Waals surface area contributed by atoms with Crippen molar-refractivity contribution in [3.05, 3.63) is 92.9 Å². The molecule has 10 nitrogen and oxygen atoms in total. The van der Waals surface area contributed by atoms with Gasteiger partial charge in [0.1, 0.15) is 5.56 Å². The van der Waals surface area contributed by atoms with Crippen LogP contribution in [0.5, 0.6) is 5.88 Å². The molecule has 0 aliphatic carbocycles. The Hall–Kier alpha value is -4.61. The number of aromatic nitrogens is 3. The number of benzene rings is 2. The number of pyridine rings is 1. The van der Waals surface area contributed by atoms with Crippen LogP contribution >= 0.6 is 11.6 Å².